The molecule has 1 fully saturated rings. The van der Waals surface area contributed by atoms with E-state index in [1.165, 1.54) is 18.2 Å². The number of H-pyrrole nitrogens is 1. The quantitative estimate of drug-likeness (QED) is 0.175. The first-order chi connectivity index (χ1) is 18.7. The number of nitrogens with one attached hydrogen (secondary N) is 1. The fraction of sp³-hybridized carbons (Fsp3) is 0.200. The SMILES string of the molecule is Fc1cccc(-c2nc3cc[n+](Cc4ccc(-c5ccc(OCC6CC6)cc5C(F)(F)F)cc4)cc3[nH]2)c1F. The molecule has 2 aromatic heterocycles. The molecule has 6 rings (SSSR count). The minimum absolute atomic E-state index is 0.0362. The summed E-state index contributed by atoms with van der Waals surface area (Å²) in [6.45, 7) is 0.884. The minimum atomic E-state index is -4.52. The molecule has 0 atom stereocenters. The molecule has 3 aromatic carbocycles. The monoisotopic (exact) mass is 536 g/mol. The number of aromatic nitrogens is 3. The highest BCUT2D eigenvalue weighted by atomic mass is 19.4. The number of rotatable bonds is 7. The zero-order chi connectivity index (χ0) is 27.1. The van der Waals surface area contributed by atoms with Crippen LogP contribution in [-0.4, -0.2) is 16.6 Å². The smallest absolute Gasteiger partial charge is 0.417 e. The van der Waals surface area contributed by atoms with E-state index in [4.69, 9.17) is 4.74 Å². The summed E-state index contributed by atoms with van der Waals surface area (Å²) >= 11 is 0. The van der Waals surface area contributed by atoms with E-state index >= 15 is 0 Å². The highest BCUT2D eigenvalue weighted by molar-refractivity contribution is 5.77. The fourth-order valence-electron chi connectivity index (χ4n) is 4.51. The van der Waals surface area contributed by atoms with E-state index in [0.717, 1.165) is 30.5 Å². The third kappa shape index (κ3) is 5.34. The van der Waals surface area contributed by atoms with E-state index < -0.39 is 23.4 Å². The lowest BCUT2D eigenvalue weighted by molar-refractivity contribution is -0.687. The molecule has 9 heteroatoms. The van der Waals surface area contributed by atoms with Gasteiger partial charge in [0.1, 0.15) is 22.6 Å². The van der Waals surface area contributed by atoms with Crippen LogP contribution in [0.15, 0.2) is 79.1 Å². The molecule has 0 amide bonds. The second kappa shape index (κ2) is 9.80. The molecule has 5 aromatic rings. The molecule has 0 radical (unpaired) electrons. The van der Waals surface area contributed by atoms with Gasteiger partial charge in [-0.3, -0.25) is 0 Å². The number of nitrogens with zero attached hydrogens (tertiary/aromatic N) is 2. The van der Waals surface area contributed by atoms with E-state index in [-0.39, 0.29) is 22.7 Å². The van der Waals surface area contributed by atoms with Gasteiger partial charge >= 0.3 is 6.18 Å². The molecule has 1 aliphatic carbocycles. The summed E-state index contributed by atoms with van der Waals surface area (Å²) in [4.78, 5) is 7.38. The number of hydrogen-bond donors (Lipinski definition) is 1. The summed E-state index contributed by atoms with van der Waals surface area (Å²) in [5.41, 5.74) is 1.95. The van der Waals surface area contributed by atoms with Crippen molar-refractivity contribution in [1.29, 1.82) is 0 Å². The third-order valence-electron chi connectivity index (χ3n) is 6.80. The van der Waals surface area contributed by atoms with Gasteiger partial charge in [0.2, 0.25) is 0 Å². The zero-order valence-electron chi connectivity index (χ0n) is 20.6. The molecule has 1 N–H and O–H groups in total. The van der Waals surface area contributed by atoms with Gasteiger partial charge in [-0.25, -0.2) is 13.8 Å². The molecule has 0 spiro atoms. The Morgan fingerprint density at radius 2 is 1.74 bits per heavy atom. The van der Waals surface area contributed by atoms with Crippen LogP contribution < -0.4 is 9.30 Å². The molecule has 2 heterocycles. The lowest BCUT2D eigenvalue weighted by Crippen LogP contribution is -2.33. The van der Waals surface area contributed by atoms with Crippen LogP contribution in [0.2, 0.25) is 0 Å². The van der Waals surface area contributed by atoms with Gasteiger partial charge in [-0.15, -0.1) is 0 Å². The van der Waals surface area contributed by atoms with Gasteiger partial charge in [0.05, 0.1) is 17.7 Å². The number of imidazole rings is 1. The number of aromatic amines is 1. The average molecular weight is 537 g/mol. The highest BCUT2D eigenvalue weighted by Crippen LogP contribution is 2.40. The van der Waals surface area contributed by atoms with Crippen molar-refractivity contribution in [3.8, 4) is 28.3 Å². The Morgan fingerprint density at radius 3 is 2.49 bits per heavy atom. The molecule has 0 aliphatic heterocycles. The Morgan fingerprint density at radius 1 is 0.949 bits per heavy atom. The maximum Gasteiger partial charge on any atom is 0.417 e. The lowest BCUT2D eigenvalue weighted by atomic mass is 9.98. The summed E-state index contributed by atoms with van der Waals surface area (Å²) in [6, 6.07) is 16.7. The van der Waals surface area contributed by atoms with Crippen LogP contribution in [-0.2, 0) is 12.7 Å². The van der Waals surface area contributed by atoms with Crippen molar-refractivity contribution in [3.05, 3.63) is 102 Å². The molecule has 0 unspecified atom stereocenters. The van der Waals surface area contributed by atoms with E-state index in [1.807, 2.05) is 4.57 Å². The van der Waals surface area contributed by atoms with E-state index in [1.54, 1.807) is 48.8 Å². The first-order valence-electron chi connectivity index (χ1n) is 12.5. The molecule has 198 valence electrons. The van der Waals surface area contributed by atoms with Gasteiger partial charge in [-0.1, -0.05) is 36.4 Å². The van der Waals surface area contributed by atoms with Crippen LogP contribution in [0.25, 0.3) is 33.5 Å². The Balaban J connectivity index is 1.22. The molecule has 39 heavy (non-hydrogen) atoms. The third-order valence-corrected chi connectivity index (χ3v) is 6.80. The van der Waals surface area contributed by atoms with E-state index in [0.29, 0.717) is 35.7 Å². The second-order valence-corrected chi connectivity index (χ2v) is 9.76. The Kier molecular flexibility index (Phi) is 6.29. The average Bonchev–Trinajstić information content (AvgIpc) is 3.66. The van der Waals surface area contributed by atoms with Crippen molar-refractivity contribution in [3.63, 3.8) is 0 Å². The standard InChI is InChI=1S/C30H22F5N3O/c31-25-3-1-2-23(28(25)32)29-36-26-12-13-38(16-27(26)37-29)15-18-6-8-20(9-7-18)22-11-10-21(39-17-19-4-5-19)14-24(22)30(33,34)35/h1-3,6-14,16,19H,4-5,15,17H2/p+1. The fourth-order valence-corrected chi connectivity index (χ4v) is 4.51. The van der Waals surface area contributed by atoms with Crippen LogP contribution in [0.1, 0.15) is 24.0 Å². The molecular formula is C30H23F5N3O+. The van der Waals surface area contributed by atoms with Crippen LogP contribution in [0.3, 0.4) is 0 Å². The number of benzene rings is 3. The van der Waals surface area contributed by atoms with Crippen molar-refractivity contribution in [2.45, 2.75) is 25.6 Å². The first kappa shape index (κ1) is 25.0. The molecule has 0 saturated heterocycles. The van der Waals surface area contributed by atoms with Crippen molar-refractivity contribution < 1.29 is 31.3 Å². The predicted molar refractivity (Wildman–Crippen MR) is 136 cm³/mol. The van der Waals surface area contributed by atoms with Gasteiger partial charge in [0, 0.05) is 11.6 Å². The molecule has 1 aliphatic rings. The van der Waals surface area contributed by atoms with Crippen molar-refractivity contribution in [2.24, 2.45) is 5.92 Å². The lowest BCUT2D eigenvalue weighted by Gasteiger charge is -2.15. The maximum absolute atomic E-state index is 14.2. The van der Waals surface area contributed by atoms with E-state index in [2.05, 4.69) is 9.97 Å². The summed E-state index contributed by atoms with van der Waals surface area (Å²) in [5, 5.41) is 0. The number of pyridine rings is 1. The number of ether oxygens (including phenoxy) is 1. The highest BCUT2D eigenvalue weighted by Gasteiger charge is 2.34. The van der Waals surface area contributed by atoms with Gasteiger partial charge in [-0.05, 0) is 54.2 Å². The van der Waals surface area contributed by atoms with Crippen LogP contribution in [0.4, 0.5) is 22.0 Å². The zero-order valence-corrected chi connectivity index (χ0v) is 20.6. The normalized spacial score (nSPS) is 13.7. The molecule has 0 bridgehead atoms. The van der Waals surface area contributed by atoms with E-state index in [9.17, 15) is 22.0 Å². The van der Waals surface area contributed by atoms with Crippen molar-refractivity contribution >= 4 is 11.0 Å². The summed E-state index contributed by atoms with van der Waals surface area (Å²) in [6.07, 6.45) is 1.18. The second-order valence-electron chi connectivity index (χ2n) is 9.76. The number of halogens is 5. The molecular weight excluding hydrogens is 513 g/mol. The van der Waals surface area contributed by atoms with Crippen molar-refractivity contribution in [2.75, 3.05) is 6.61 Å². The van der Waals surface area contributed by atoms with Crippen LogP contribution in [0.5, 0.6) is 5.75 Å². The van der Waals surface area contributed by atoms with Crippen molar-refractivity contribution in [1.82, 2.24) is 9.97 Å². The Labute approximate surface area is 220 Å². The van der Waals surface area contributed by atoms with Gasteiger partial charge in [0.25, 0.3) is 0 Å². The molecule has 1 saturated carbocycles. The topological polar surface area (TPSA) is 41.8 Å². The van der Waals surface area contributed by atoms with Gasteiger partial charge < -0.3 is 9.72 Å². The number of fused-ring (bicyclic) bond motifs is 1. The van der Waals surface area contributed by atoms with Gasteiger partial charge in [-0.2, -0.15) is 17.7 Å². The largest absolute Gasteiger partial charge is 0.493 e. The summed E-state index contributed by atoms with van der Waals surface area (Å²) in [5.74, 6) is -1.04. The summed E-state index contributed by atoms with van der Waals surface area (Å²) < 4.78 is 76.9. The minimum Gasteiger partial charge on any atom is -0.493 e. The Bertz CT molecular complexity index is 1660. The summed E-state index contributed by atoms with van der Waals surface area (Å²) in [7, 11) is 0. The molecule has 4 nitrogen and oxygen atoms in total. The van der Waals surface area contributed by atoms with Crippen LogP contribution >= 0.6 is 0 Å². The predicted octanol–water partition coefficient (Wildman–Crippen LogP) is 7.32. The van der Waals surface area contributed by atoms with Crippen LogP contribution in [0, 0.1) is 17.6 Å². The van der Waals surface area contributed by atoms with Gasteiger partial charge in [0.15, 0.2) is 30.6 Å². The number of alkyl halides is 3. The maximum atomic E-state index is 14.2. The number of hydrogen-bond acceptors (Lipinski definition) is 2. The Hall–Kier alpha value is -4.27. The first-order valence-corrected chi connectivity index (χ1v) is 12.5.